The van der Waals surface area contributed by atoms with Gasteiger partial charge in [0.25, 0.3) is 0 Å². The van der Waals surface area contributed by atoms with Gasteiger partial charge in [-0.05, 0) is 14.1 Å². The van der Waals surface area contributed by atoms with E-state index in [1.165, 1.54) is 0 Å². The molecular formula is C5H18N2. The van der Waals surface area contributed by atoms with Crippen LogP contribution in [-0.2, 0) is 0 Å². The maximum absolute atomic E-state index is 5.10. The minimum absolute atomic E-state index is 0. The first kappa shape index (κ1) is 10.0. The highest BCUT2D eigenvalue weighted by Gasteiger charge is 1.71. The second kappa shape index (κ2) is 9.33. The van der Waals surface area contributed by atoms with E-state index in [0.29, 0.717) is 6.67 Å². The monoisotopic (exact) mass is 106 g/mol. The maximum atomic E-state index is 5.10. The third-order valence-corrected chi connectivity index (χ3v) is 0.365. The van der Waals surface area contributed by atoms with Gasteiger partial charge in [-0.1, -0.05) is 13.8 Å². The van der Waals surface area contributed by atoms with Crippen LogP contribution in [0.1, 0.15) is 15.3 Å². The van der Waals surface area contributed by atoms with Crippen molar-refractivity contribution in [1.29, 1.82) is 0 Å². The van der Waals surface area contributed by atoms with Crippen molar-refractivity contribution in [2.24, 2.45) is 5.73 Å². The summed E-state index contributed by atoms with van der Waals surface area (Å²) >= 11 is 0. The summed E-state index contributed by atoms with van der Waals surface area (Å²) in [6.45, 7) is 4.64. The molecule has 2 heteroatoms. The van der Waals surface area contributed by atoms with Gasteiger partial charge in [0.15, 0.2) is 0 Å². The Hall–Kier alpha value is -0.0800. The van der Waals surface area contributed by atoms with Crippen LogP contribution in [0.4, 0.5) is 0 Å². The zero-order valence-electron chi connectivity index (χ0n) is 5.73. The van der Waals surface area contributed by atoms with Gasteiger partial charge in [0.2, 0.25) is 0 Å². The van der Waals surface area contributed by atoms with Gasteiger partial charge in [-0.15, -0.1) is 0 Å². The molecule has 0 radical (unpaired) electrons. The van der Waals surface area contributed by atoms with Crippen LogP contribution in [0.5, 0.6) is 0 Å². The van der Waals surface area contributed by atoms with Gasteiger partial charge >= 0.3 is 0 Å². The van der Waals surface area contributed by atoms with Gasteiger partial charge in [0, 0.05) is 8.10 Å². The van der Waals surface area contributed by atoms with Crippen molar-refractivity contribution in [3.8, 4) is 0 Å². The fourth-order valence-electron chi connectivity index (χ4n) is 0. The summed E-state index contributed by atoms with van der Waals surface area (Å²) in [6.07, 6.45) is 0. The summed E-state index contributed by atoms with van der Waals surface area (Å²) < 4.78 is 0. The maximum Gasteiger partial charge on any atom is 0.0449 e. The molecular weight excluding hydrogens is 88.1 g/mol. The zero-order valence-corrected chi connectivity index (χ0v) is 5.73. The van der Waals surface area contributed by atoms with Crippen LogP contribution in [0.15, 0.2) is 0 Å². The van der Waals surface area contributed by atoms with Gasteiger partial charge < -0.3 is 5.73 Å². The van der Waals surface area contributed by atoms with E-state index in [-0.39, 0.29) is 1.43 Å². The van der Waals surface area contributed by atoms with E-state index in [2.05, 4.69) is 0 Å². The molecule has 2 nitrogen and oxygen atoms in total. The molecule has 7 heavy (non-hydrogen) atoms. The Balaban J connectivity index is -0.0000000750. The summed E-state index contributed by atoms with van der Waals surface area (Å²) in [4.78, 5) is 1.90. The van der Waals surface area contributed by atoms with Crippen LogP contribution in [0.2, 0.25) is 0 Å². The second-order valence-corrected chi connectivity index (χ2v) is 1.26. The summed E-state index contributed by atoms with van der Waals surface area (Å²) in [6, 6.07) is 0. The fourth-order valence-corrected chi connectivity index (χ4v) is 0. The van der Waals surface area contributed by atoms with E-state index in [1.807, 2.05) is 32.8 Å². The predicted molar refractivity (Wildman–Crippen MR) is 36.2 cm³/mol. The Bertz CT molecular complexity index is 24.4. The van der Waals surface area contributed by atoms with Crippen LogP contribution in [-0.4, -0.2) is 25.7 Å². The lowest BCUT2D eigenvalue weighted by atomic mass is 10.9. The third kappa shape index (κ3) is 24.7. The molecule has 2 N–H and O–H groups in total. The average molecular weight is 106 g/mol. The minimum Gasteiger partial charge on any atom is -0.318 e. The molecule has 0 amide bonds. The van der Waals surface area contributed by atoms with Gasteiger partial charge in [-0.25, -0.2) is 0 Å². The molecule has 48 valence electrons. The fraction of sp³-hybridized carbons (Fsp3) is 1.00. The predicted octanol–water partition coefficient (Wildman–Crippen LogP) is 0.736. The minimum atomic E-state index is 0. The lowest BCUT2D eigenvalue weighted by Gasteiger charge is -2.00. The van der Waals surface area contributed by atoms with Crippen molar-refractivity contribution < 1.29 is 1.43 Å². The van der Waals surface area contributed by atoms with Crippen molar-refractivity contribution in [2.45, 2.75) is 13.8 Å². The topological polar surface area (TPSA) is 29.3 Å². The van der Waals surface area contributed by atoms with Crippen LogP contribution in [0.25, 0.3) is 0 Å². The first-order valence-corrected chi connectivity index (χ1v) is 2.62. The second-order valence-electron chi connectivity index (χ2n) is 1.26. The summed E-state index contributed by atoms with van der Waals surface area (Å²) in [5.41, 5.74) is 5.10. The van der Waals surface area contributed by atoms with E-state index < -0.39 is 0 Å². The molecule has 0 rings (SSSR count). The normalized spacial score (nSPS) is 7.71. The summed E-state index contributed by atoms with van der Waals surface area (Å²) in [7, 11) is 3.86. The largest absolute Gasteiger partial charge is 0.318 e. The molecule has 0 saturated heterocycles. The standard InChI is InChI=1S/C3H10N2.C2H6.H2/c1-5(2)3-4;1-2;/h3-4H2,1-2H3;1-2H3;1H. The molecule has 0 aliphatic rings. The first-order chi connectivity index (χ1) is 3.27. The third-order valence-electron chi connectivity index (χ3n) is 0.365. The highest BCUT2D eigenvalue weighted by atomic mass is 15.1. The zero-order chi connectivity index (χ0) is 6.28. The number of hydrogen-bond donors (Lipinski definition) is 1. The number of hydrogen-bond acceptors (Lipinski definition) is 2. The lowest BCUT2D eigenvalue weighted by Crippen LogP contribution is -2.20. The molecule has 0 saturated carbocycles. The molecule has 0 bridgehead atoms. The van der Waals surface area contributed by atoms with Crippen LogP contribution in [0.3, 0.4) is 0 Å². The van der Waals surface area contributed by atoms with E-state index in [1.54, 1.807) is 0 Å². The van der Waals surface area contributed by atoms with Crippen molar-refractivity contribution in [3.05, 3.63) is 0 Å². The summed E-state index contributed by atoms with van der Waals surface area (Å²) in [5.74, 6) is 0. The van der Waals surface area contributed by atoms with Crippen molar-refractivity contribution >= 4 is 0 Å². The molecule has 0 aromatic heterocycles. The van der Waals surface area contributed by atoms with Crippen LogP contribution in [0, 0.1) is 0 Å². The first-order valence-electron chi connectivity index (χ1n) is 2.62. The van der Waals surface area contributed by atoms with E-state index in [0.717, 1.165) is 0 Å². The Morgan fingerprint density at radius 3 is 1.57 bits per heavy atom. The molecule has 0 aliphatic carbocycles. The molecule has 0 spiro atoms. The highest BCUT2D eigenvalue weighted by Crippen LogP contribution is 1.55. The van der Waals surface area contributed by atoms with E-state index in [9.17, 15) is 0 Å². The van der Waals surface area contributed by atoms with Gasteiger partial charge in [0.05, 0.1) is 0 Å². The van der Waals surface area contributed by atoms with Gasteiger partial charge in [-0.3, -0.25) is 4.90 Å². The van der Waals surface area contributed by atoms with Crippen molar-refractivity contribution in [1.82, 2.24) is 4.90 Å². The number of rotatable bonds is 1. The molecule has 0 aromatic carbocycles. The quantitative estimate of drug-likeness (QED) is 0.499. The highest BCUT2D eigenvalue weighted by molar-refractivity contribution is 4.23. The molecule has 0 fully saturated rings. The van der Waals surface area contributed by atoms with Crippen LogP contribution >= 0.6 is 0 Å². The molecule has 0 aromatic rings. The molecule has 0 unspecified atom stereocenters. The molecule has 0 atom stereocenters. The Morgan fingerprint density at radius 1 is 1.43 bits per heavy atom. The van der Waals surface area contributed by atoms with Crippen LogP contribution < -0.4 is 5.73 Å². The Labute approximate surface area is 47.8 Å². The van der Waals surface area contributed by atoms with Crippen molar-refractivity contribution in [3.63, 3.8) is 0 Å². The Kier molecular flexibility index (Phi) is 13.3. The van der Waals surface area contributed by atoms with Crippen molar-refractivity contribution in [2.75, 3.05) is 20.8 Å². The van der Waals surface area contributed by atoms with E-state index in [4.69, 9.17) is 5.73 Å². The van der Waals surface area contributed by atoms with Gasteiger partial charge in [-0.2, -0.15) is 0 Å². The smallest absolute Gasteiger partial charge is 0.0449 e. The van der Waals surface area contributed by atoms with E-state index >= 15 is 0 Å². The summed E-state index contributed by atoms with van der Waals surface area (Å²) in [5, 5.41) is 0. The van der Waals surface area contributed by atoms with Gasteiger partial charge in [0.1, 0.15) is 0 Å². The number of nitrogens with zero attached hydrogens (tertiary/aromatic N) is 1. The SMILES string of the molecule is CC.CN(C)CN.[HH]. The molecule has 0 heterocycles. The lowest BCUT2D eigenvalue weighted by molar-refractivity contribution is 0.423. The average Bonchev–Trinajstić information content (AvgIpc) is 1.73. The number of nitrogens with two attached hydrogens (primary N) is 1. The molecule has 0 aliphatic heterocycles. The Morgan fingerprint density at radius 2 is 1.57 bits per heavy atom.